The van der Waals surface area contributed by atoms with Crippen LogP contribution in [0.15, 0.2) is 60.4 Å². The summed E-state index contributed by atoms with van der Waals surface area (Å²) in [5.74, 6) is 2.31. The third-order valence-corrected chi connectivity index (χ3v) is 7.66. The lowest BCUT2D eigenvalue weighted by molar-refractivity contribution is 0.560. The van der Waals surface area contributed by atoms with Crippen LogP contribution in [0, 0.1) is 5.92 Å². The molecule has 0 saturated heterocycles. The molecule has 0 amide bonds. The Morgan fingerprint density at radius 2 is 1.85 bits per heavy atom. The summed E-state index contributed by atoms with van der Waals surface area (Å²) in [7, 11) is 0. The SMILES string of the molecule is CC(C)CSc1nnc(SCc2cc(=O)oc3ccc4ccccc4c23)s1. The van der Waals surface area contributed by atoms with Crippen LogP contribution in [0.5, 0.6) is 0 Å². The lowest BCUT2D eigenvalue weighted by Crippen LogP contribution is -2.00. The van der Waals surface area contributed by atoms with Gasteiger partial charge in [-0.15, -0.1) is 10.2 Å². The van der Waals surface area contributed by atoms with Crippen molar-refractivity contribution < 1.29 is 4.42 Å². The summed E-state index contributed by atoms with van der Waals surface area (Å²) in [6, 6.07) is 13.6. The molecule has 27 heavy (non-hydrogen) atoms. The van der Waals surface area contributed by atoms with Crippen LogP contribution in [0.2, 0.25) is 0 Å². The first-order valence-electron chi connectivity index (χ1n) is 8.64. The Morgan fingerprint density at radius 1 is 1.07 bits per heavy atom. The highest BCUT2D eigenvalue weighted by Crippen LogP contribution is 2.34. The van der Waals surface area contributed by atoms with E-state index < -0.39 is 0 Å². The van der Waals surface area contributed by atoms with Gasteiger partial charge in [0.2, 0.25) is 0 Å². The number of nitrogens with zero attached hydrogens (tertiary/aromatic N) is 2. The van der Waals surface area contributed by atoms with Gasteiger partial charge in [0.15, 0.2) is 8.68 Å². The summed E-state index contributed by atoms with van der Waals surface area (Å²) in [6.45, 7) is 4.39. The van der Waals surface area contributed by atoms with Gasteiger partial charge in [-0.3, -0.25) is 0 Å². The maximum atomic E-state index is 12.0. The van der Waals surface area contributed by atoms with Crippen molar-refractivity contribution in [3.8, 4) is 0 Å². The average molecular weight is 415 g/mol. The molecule has 0 atom stereocenters. The lowest BCUT2D eigenvalue weighted by Gasteiger charge is -2.07. The Hall–Kier alpha value is -1.83. The average Bonchev–Trinajstić information content (AvgIpc) is 3.12. The Balaban J connectivity index is 1.64. The first-order chi connectivity index (χ1) is 13.1. The zero-order valence-electron chi connectivity index (χ0n) is 15.0. The van der Waals surface area contributed by atoms with Crippen LogP contribution >= 0.6 is 34.9 Å². The predicted molar refractivity (Wildman–Crippen MR) is 115 cm³/mol. The molecule has 0 saturated carbocycles. The van der Waals surface area contributed by atoms with Crippen LogP contribution in [0.3, 0.4) is 0 Å². The summed E-state index contributed by atoms with van der Waals surface area (Å²) < 4.78 is 7.34. The number of hydrogen-bond acceptors (Lipinski definition) is 7. The molecule has 138 valence electrons. The van der Waals surface area contributed by atoms with Gasteiger partial charge in [-0.2, -0.15) is 0 Å². The second kappa shape index (κ2) is 8.04. The molecule has 0 aliphatic carbocycles. The van der Waals surface area contributed by atoms with E-state index in [4.69, 9.17) is 4.42 Å². The minimum absolute atomic E-state index is 0.321. The monoisotopic (exact) mass is 414 g/mol. The lowest BCUT2D eigenvalue weighted by atomic mass is 10.0. The van der Waals surface area contributed by atoms with Gasteiger partial charge in [-0.25, -0.2) is 4.79 Å². The van der Waals surface area contributed by atoms with Crippen molar-refractivity contribution in [1.29, 1.82) is 0 Å². The Morgan fingerprint density at radius 3 is 2.67 bits per heavy atom. The van der Waals surface area contributed by atoms with Crippen LogP contribution in [0.4, 0.5) is 0 Å². The molecule has 4 aromatic rings. The number of rotatable bonds is 6. The molecule has 0 bridgehead atoms. The molecular weight excluding hydrogens is 396 g/mol. The third kappa shape index (κ3) is 4.20. The fourth-order valence-electron chi connectivity index (χ4n) is 2.83. The van der Waals surface area contributed by atoms with Crippen molar-refractivity contribution in [3.05, 3.63) is 58.4 Å². The van der Waals surface area contributed by atoms with Crippen LogP contribution in [-0.4, -0.2) is 16.0 Å². The molecular formula is C20H18N2O2S3. The van der Waals surface area contributed by atoms with Crippen molar-refractivity contribution in [2.75, 3.05) is 5.75 Å². The molecule has 2 aromatic carbocycles. The summed E-state index contributed by atoms with van der Waals surface area (Å²) in [4.78, 5) is 12.0. The van der Waals surface area contributed by atoms with E-state index in [-0.39, 0.29) is 5.63 Å². The van der Waals surface area contributed by atoms with Crippen molar-refractivity contribution in [2.24, 2.45) is 5.92 Å². The highest BCUT2D eigenvalue weighted by Gasteiger charge is 2.12. The van der Waals surface area contributed by atoms with Crippen LogP contribution in [-0.2, 0) is 5.75 Å². The first kappa shape index (κ1) is 18.5. The molecule has 0 spiro atoms. The van der Waals surface area contributed by atoms with Gasteiger partial charge in [0.05, 0.1) is 0 Å². The van der Waals surface area contributed by atoms with E-state index in [0.29, 0.717) is 17.3 Å². The highest BCUT2D eigenvalue weighted by atomic mass is 32.2. The molecule has 0 aliphatic rings. The largest absolute Gasteiger partial charge is 0.423 e. The molecule has 0 aliphatic heterocycles. The summed E-state index contributed by atoms with van der Waals surface area (Å²) in [5, 5.41) is 11.8. The summed E-state index contributed by atoms with van der Waals surface area (Å²) >= 11 is 4.97. The van der Waals surface area contributed by atoms with E-state index in [1.165, 1.54) is 0 Å². The molecule has 4 nitrogen and oxygen atoms in total. The van der Waals surface area contributed by atoms with Gasteiger partial charge >= 0.3 is 5.63 Å². The predicted octanol–water partition coefficient (Wildman–Crippen LogP) is 5.84. The minimum atomic E-state index is -0.321. The number of thioether (sulfide) groups is 2. The zero-order chi connectivity index (χ0) is 18.8. The maximum absolute atomic E-state index is 12.0. The fourth-order valence-corrected chi connectivity index (χ4v) is 5.80. The molecule has 0 radical (unpaired) electrons. The molecule has 2 heterocycles. The summed E-state index contributed by atoms with van der Waals surface area (Å²) in [6.07, 6.45) is 0. The Bertz CT molecular complexity index is 1150. The minimum Gasteiger partial charge on any atom is -0.423 e. The number of hydrogen-bond donors (Lipinski definition) is 0. The van der Waals surface area contributed by atoms with Gasteiger partial charge in [0.25, 0.3) is 0 Å². The second-order valence-corrected chi connectivity index (χ2v) is 10.0. The standard InChI is InChI=1S/C20H18N2O2S3/c1-12(2)10-25-19-21-22-20(27-19)26-11-14-9-17(23)24-16-8-7-13-5-3-4-6-15(13)18(14)16/h3-9,12H,10-11H2,1-2H3. The first-order valence-corrected chi connectivity index (χ1v) is 11.4. The third-order valence-electron chi connectivity index (χ3n) is 3.99. The Labute approximate surface area is 169 Å². The zero-order valence-corrected chi connectivity index (χ0v) is 17.4. The normalized spacial score (nSPS) is 11.7. The topological polar surface area (TPSA) is 56.0 Å². The van der Waals surface area contributed by atoms with Gasteiger partial charge in [-0.1, -0.05) is 79.0 Å². The van der Waals surface area contributed by atoms with E-state index in [1.807, 2.05) is 24.3 Å². The van der Waals surface area contributed by atoms with E-state index in [9.17, 15) is 4.79 Å². The maximum Gasteiger partial charge on any atom is 0.336 e. The van der Waals surface area contributed by atoms with Gasteiger partial charge < -0.3 is 4.42 Å². The van der Waals surface area contributed by atoms with E-state index in [0.717, 1.165) is 36.2 Å². The quantitative estimate of drug-likeness (QED) is 0.224. The molecule has 0 unspecified atom stereocenters. The smallest absolute Gasteiger partial charge is 0.336 e. The van der Waals surface area contributed by atoms with Gasteiger partial charge in [0.1, 0.15) is 5.58 Å². The van der Waals surface area contributed by atoms with Gasteiger partial charge in [0, 0.05) is 23.0 Å². The van der Waals surface area contributed by atoms with Crippen LogP contribution < -0.4 is 5.63 Å². The molecule has 0 fully saturated rings. The van der Waals surface area contributed by atoms with Crippen LogP contribution in [0.25, 0.3) is 21.7 Å². The molecule has 4 rings (SSSR count). The van der Waals surface area contributed by atoms with Crippen molar-refractivity contribution >= 4 is 56.6 Å². The molecule has 2 aromatic heterocycles. The van der Waals surface area contributed by atoms with E-state index >= 15 is 0 Å². The van der Waals surface area contributed by atoms with Crippen molar-refractivity contribution in [2.45, 2.75) is 28.3 Å². The number of fused-ring (bicyclic) bond motifs is 3. The fraction of sp³-hybridized carbons (Fsp3) is 0.250. The molecule has 0 N–H and O–H groups in total. The van der Waals surface area contributed by atoms with E-state index in [2.05, 4.69) is 36.2 Å². The van der Waals surface area contributed by atoms with E-state index in [1.54, 1.807) is 40.9 Å². The van der Waals surface area contributed by atoms with Gasteiger partial charge in [-0.05, 0) is 28.3 Å². The summed E-state index contributed by atoms with van der Waals surface area (Å²) in [5.41, 5.74) is 1.27. The van der Waals surface area contributed by atoms with Crippen LogP contribution in [0.1, 0.15) is 19.4 Å². The molecule has 7 heteroatoms. The van der Waals surface area contributed by atoms with Crippen molar-refractivity contribution in [3.63, 3.8) is 0 Å². The second-order valence-electron chi connectivity index (χ2n) is 6.58. The number of benzene rings is 2. The van der Waals surface area contributed by atoms with Crippen molar-refractivity contribution in [1.82, 2.24) is 10.2 Å². The Kier molecular flexibility index (Phi) is 5.52. The number of aromatic nitrogens is 2. The highest BCUT2D eigenvalue weighted by molar-refractivity contribution is 8.02.